The summed E-state index contributed by atoms with van der Waals surface area (Å²) in [4.78, 5) is 20.3. The van der Waals surface area contributed by atoms with Gasteiger partial charge in [-0.3, -0.25) is 0 Å². The summed E-state index contributed by atoms with van der Waals surface area (Å²) in [6.07, 6.45) is 0. The molecule has 0 fully saturated rings. The molecule has 0 saturated carbocycles. The number of hydrogen-bond acceptors (Lipinski definition) is 14. The van der Waals surface area contributed by atoms with Gasteiger partial charge in [0.15, 0.2) is 5.82 Å². The van der Waals surface area contributed by atoms with Gasteiger partial charge in [0.25, 0.3) is 0 Å². The van der Waals surface area contributed by atoms with Crippen LogP contribution in [0.15, 0.2) is 328 Å². The number of para-hydroxylation sites is 2. The van der Waals surface area contributed by atoms with Gasteiger partial charge >= 0.3 is 0 Å². The van der Waals surface area contributed by atoms with Crippen molar-refractivity contribution < 1.29 is 0 Å². The van der Waals surface area contributed by atoms with Crippen LogP contribution in [0, 0.1) is 127 Å². The van der Waals surface area contributed by atoms with Crippen molar-refractivity contribution in [2.45, 2.75) is 13.8 Å². The van der Waals surface area contributed by atoms with Gasteiger partial charge in [0.05, 0.1) is 200 Å². The fraction of sp³-hybridized carbons (Fsp3) is 0.0172. The predicted molar refractivity (Wildman–Crippen MR) is 521 cm³/mol. The van der Waals surface area contributed by atoms with Crippen molar-refractivity contribution in [3.05, 3.63) is 395 Å². The highest BCUT2D eigenvalue weighted by atomic mass is 15.1. The lowest BCUT2D eigenvalue weighted by atomic mass is 9.95. The van der Waals surface area contributed by atoms with Crippen LogP contribution >= 0.6 is 0 Å². The van der Waals surface area contributed by atoms with E-state index in [-0.39, 0.29) is 5.56 Å². The van der Waals surface area contributed by atoms with E-state index in [1.54, 1.807) is 66.7 Å². The molecular formula is C116H60N18. The maximum absolute atomic E-state index is 12.1. The summed E-state index contributed by atoms with van der Waals surface area (Å²) in [5, 5.41) is 114. The van der Waals surface area contributed by atoms with Crippen LogP contribution in [0.4, 0.5) is 0 Å². The summed E-state index contributed by atoms with van der Waals surface area (Å²) in [6, 6.07) is 129. The van der Waals surface area contributed by atoms with Crippen LogP contribution in [0.3, 0.4) is 0 Å². The number of rotatable bonds is 13. The first-order valence-corrected chi connectivity index (χ1v) is 42.8. The number of nitriles is 10. The Morgan fingerprint density at radius 3 is 1.01 bits per heavy atom. The third-order valence-electron chi connectivity index (χ3n) is 25.3. The predicted octanol–water partition coefficient (Wildman–Crippen LogP) is 26.0. The molecule has 0 saturated heterocycles. The molecule has 0 aliphatic carbocycles. The lowest BCUT2D eigenvalue weighted by Gasteiger charge is -2.20. The molecule has 0 spiro atoms. The molecule has 0 aliphatic rings. The number of aryl methyl sites for hydroxylation is 2. The van der Waals surface area contributed by atoms with Gasteiger partial charge in [-0.25, -0.2) is 19.9 Å². The number of aromatic nitrogens is 8. The Morgan fingerprint density at radius 1 is 0.201 bits per heavy atom. The minimum absolute atomic E-state index is 0.289. The van der Waals surface area contributed by atoms with E-state index in [0.717, 1.165) is 110 Å². The van der Waals surface area contributed by atoms with Gasteiger partial charge in [0.2, 0.25) is 0 Å². The Hall–Kier alpha value is -20.2. The Labute approximate surface area is 765 Å². The largest absolute Gasteiger partial charge is 0.307 e. The smallest absolute Gasteiger partial charge is 0.160 e. The van der Waals surface area contributed by atoms with Crippen molar-refractivity contribution in [3.8, 4) is 184 Å². The molecule has 134 heavy (non-hydrogen) atoms. The van der Waals surface area contributed by atoms with Crippen LogP contribution in [0.1, 0.15) is 67.2 Å². The second-order valence-electron chi connectivity index (χ2n) is 32.8. The van der Waals surface area contributed by atoms with Crippen LogP contribution in [0.5, 0.6) is 0 Å². The lowest BCUT2D eigenvalue weighted by molar-refractivity contribution is 1.01. The third-order valence-corrected chi connectivity index (χ3v) is 25.3. The molecule has 0 aliphatic heterocycles. The molecular weight excluding hydrogens is 1650 g/mol. The summed E-state index contributed by atoms with van der Waals surface area (Å²) < 4.78 is 8.79. The van der Waals surface area contributed by atoms with Crippen LogP contribution in [0.2, 0.25) is 0 Å². The second-order valence-corrected chi connectivity index (χ2v) is 32.8. The van der Waals surface area contributed by atoms with Crippen molar-refractivity contribution in [3.63, 3.8) is 0 Å². The summed E-state index contributed by atoms with van der Waals surface area (Å²) in [5.74, 6) is 0.947. The van der Waals surface area contributed by atoms with Crippen LogP contribution in [0.25, 0.3) is 211 Å². The molecule has 22 rings (SSSR count). The Bertz CT molecular complexity index is 9360. The van der Waals surface area contributed by atoms with Gasteiger partial charge in [0.1, 0.15) is 5.82 Å². The van der Waals surface area contributed by atoms with E-state index in [1.165, 1.54) is 0 Å². The highest BCUT2D eigenvalue weighted by Gasteiger charge is 2.30. The monoisotopic (exact) mass is 1700 g/mol. The topological polar surface area (TPSA) is 309 Å². The molecule has 6 aromatic heterocycles. The van der Waals surface area contributed by atoms with E-state index in [2.05, 4.69) is 158 Å². The Kier molecular flexibility index (Phi) is 19.0. The van der Waals surface area contributed by atoms with E-state index in [4.69, 9.17) is 19.9 Å². The maximum atomic E-state index is 12.1. The Morgan fingerprint density at radius 2 is 0.545 bits per heavy atom. The molecule has 6 heterocycles. The second kappa shape index (κ2) is 32.0. The number of hydrogen-bond donors (Lipinski definition) is 0. The van der Waals surface area contributed by atoms with E-state index in [1.807, 2.05) is 196 Å². The van der Waals surface area contributed by atoms with E-state index >= 15 is 0 Å². The summed E-state index contributed by atoms with van der Waals surface area (Å²) in [5.41, 5.74) is 23.5. The van der Waals surface area contributed by atoms with Crippen LogP contribution in [-0.4, -0.2) is 38.2 Å². The molecule has 18 nitrogen and oxygen atoms in total. The standard InChI is InChI=1S/C116H60N18/c1-67-42-101(128-68(2)127-67)95-54-114(112(53-84(95)65-125)133-103-21-11-9-18-91(103)93-37-28-78(50-109(93)133)88-35-26-71(59-119)45-82(88)63-123)134-108-23-13-20-90(115(108)94-38-29-79(51-110(94)134)89-36-27-72(60-120)46-83(89)64-124)77-32-41-107-99(49-77)98-48-76(87-34-25-70(58-118)44-81(87)62-122)31-40-106(98)132(107)111-52-85(66-126)96(102-56-100(73-14-5-3-6-15-73)129-116(130-102)74-16-7-4-8-17-74)55-113(111)131-104-22-12-10-19-92(104)97-47-75(30-39-105(97)131)86-33-24-69(57-117)43-80(86)61-121/h3-56H,1-2H3. The molecule has 16 aromatic carbocycles. The quantitative estimate of drug-likeness (QED) is 0.104. The van der Waals surface area contributed by atoms with Gasteiger partial charge < -0.3 is 18.3 Å². The van der Waals surface area contributed by atoms with E-state index < -0.39 is 0 Å². The fourth-order valence-corrected chi connectivity index (χ4v) is 19.4. The van der Waals surface area contributed by atoms with Gasteiger partial charge in [0, 0.05) is 71.0 Å². The van der Waals surface area contributed by atoms with Crippen LogP contribution < -0.4 is 0 Å². The maximum Gasteiger partial charge on any atom is 0.160 e. The molecule has 0 unspecified atom stereocenters. The van der Waals surface area contributed by atoms with Crippen LogP contribution in [-0.2, 0) is 0 Å². The number of nitrogens with zero attached hydrogens (tertiary/aromatic N) is 18. The van der Waals surface area contributed by atoms with Crippen molar-refractivity contribution in [2.75, 3.05) is 0 Å². The van der Waals surface area contributed by atoms with E-state index in [0.29, 0.717) is 163 Å². The minimum Gasteiger partial charge on any atom is -0.307 e. The average molecular weight is 1710 g/mol. The minimum atomic E-state index is 0.289. The molecule has 0 N–H and O–H groups in total. The highest BCUT2D eigenvalue weighted by molar-refractivity contribution is 6.20. The SMILES string of the molecule is Cc1cc(-c2cc(-n3c4cc(-c5ccc(C#N)cc5C#N)ccc4c4c(-c5ccc6c(c5)c5cc(-c7ccc(C#N)cc7C#N)ccc5n6-c5cc(C#N)c(-c6cc(-c7ccccc7)nc(-c7ccccc7)n6)cc5-n5c6ccccc6c6cc(-c7ccc(C#N)cc7C#N)ccc65)cccc43)c(-n3c4ccccc4c4ccc(-c5ccc(C#N)cc5C#N)cc43)cc2C#N)nc(C)n1. The van der Waals surface area contributed by atoms with Crippen molar-refractivity contribution in [2.24, 2.45) is 0 Å². The average Bonchev–Trinajstić information content (AvgIpc) is 1.56. The molecule has 18 heteroatoms. The molecule has 0 atom stereocenters. The normalized spacial score (nSPS) is 11.1. The summed E-state index contributed by atoms with van der Waals surface area (Å²) in [7, 11) is 0. The highest BCUT2D eigenvalue weighted by Crippen LogP contribution is 2.50. The molecule has 22 aromatic rings. The van der Waals surface area contributed by atoms with Gasteiger partial charge in [-0.1, -0.05) is 176 Å². The zero-order valence-corrected chi connectivity index (χ0v) is 71.2. The first kappa shape index (κ1) is 79.7. The first-order chi connectivity index (χ1) is 65.8. The van der Waals surface area contributed by atoms with Crippen molar-refractivity contribution in [1.29, 1.82) is 52.6 Å². The van der Waals surface area contributed by atoms with Gasteiger partial charge in [-0.15, -0.1) is 0 Å². The van der Waals surface area contributed by atoms with Crippen molar-refractivity contribution >= 4 is 87.2 Å². The Balaban J connectivity index is 0.844. The van der Waals surface area contributed by atoms with E-state index in [9.17, 15) is 52.6 Å². The molecule has 614 valence electrons. The third kappa shape index (κ3) is 13.0. The van der Waals surface area contributed by atoms with Crippen molar-refractivity contribution in [1.82, 2.24) is 38.2 Å². The number of fused-ring (bicyclic) bond motifs is 12. The van der Waals surface area contributed by atoms with Gasteiger partial charge in [-0.2, -0.15) is 52.6 Å². The summed E-state index contributed by atoms with van der Waals surface area (Å²) in [6.45, 7) is 3.72. The number of benzene rings is 16. The first-order valence-electron chi connectivity index (χ1n) is 42.8. The molecule has 0 bridgehead atoms. The lowest BCUT2D eigenvalue weighted by Crippen LogP contribution is -2.06. The van der Waals surface area contributed by atoms with Gasteiger partial charge in [-0.05, 0) is 221 Å². The zero-order chi connectivity index (χ0) is 91.3. The summed E-state index contributed by atoms with van der Waals surface area (Å²) >= 11 is 0. The molecule has 0 radical (unpaired) electrons. The zero-order valence-electron chi connectivity index (χ0n) is 71.2. The molecule has 0 amide bonds. The fourth-order valence-electron chi connectivity index (χ4n) is 19.4.